The van der Waals surface area contributed by atoms with Gasteiger partial charge in [-0.3, -0.25) is 10.1 Å². The average Bonchev–Trinajstić information content (AvgIpc) is 2.51. The Hall–Kier alpha value is -2.58. The topological polar surface area (TPSA) is 52.4 Å². The van der Waals surface area contributed by atoms with Crippen LogP contribution in [-0.4, -0.2) is 13.0 Å². The van der Waals surface area contributed by atoms with Crippen LogP contribution in [0.5, 0.6) is 5.75 Å². The van der Waals surface area contributed by atoms with Crippen LogP contribution in [0.1, 0.15) is 11.1 Å². The monoisotopic (exact) mass is 325 g/mol. The molecule has 0 bridgehead atoms. The molecule has 0 atom stereocenters. The number of hydrogen-bond acceptors (Lipinski definition) is 3. The lowest BCUT2D eigenvalue weighted by Crippen LogP contribution is -2.16. The van der Waals surface area contributed by atoms with Crippen LogP contribution in [0.15, 0.2) is 48.5 Å². The van der Waals surface area contributed by atoms with E-state index in [1.807, 2.05) is 24.3 Å². The predicted octanol–water partition coefficient (Wildman–Crippen LogP) is 4.40. The molecule has 0 saturated heterocycles. The first kappa shape index (κ1) is 16.8. The first-order chi connectivity index (χ1) is 10.8. The van der Waals surface area contributed by atoms with Crippen molar-refractivity contribution in [1.29, 1.82) is 0 Å². The molecule has 0 aliphatic rings. The molecule has 23 heavy (non-hydrogen) atoms. The summed E-state index contributed by atoms with van der Waals surface area (Å²) in [7, 11) is -1.39. The molecule has 0 unspecified atom stereocenters. The standard InChI is InChI=1S/C18H19NO3Si/c1-23(2,3)12-11-15-5-4-6-16(13-15)14-22-18-9-7-17(8-10-18)19(20)21/h4-10,13H,14H2,1-3H3. The fraction of sp³-hybridized carbons (Fsp3) is 0.222. The molecule has 0 spiro atoms. The summed E-state index contributed by atoms with van der Waals surface area (Å²) in [4.78, 5) is 10.2. The van der Waals surface area contributed by atoms with Crippen molar-refractivity contribution in [3.63, 3.8) is 0 Å². The lowest BCUT2D eigenvalue weighted by Gasteiger charge is -2.07. The molecule has 5 heteroatoms. The molecule has 0 saturated carbocycles. The van der Waals surface area contributed by atoms with Gasteiger partial charge in [-0.1, -0.05) is 37.7 Å². The van der Waals surface area contributed by atoms with E-state index in [1.165, 1.54) is 12.1 Å². The highest BCUT2D eigenvalue weighted by Crippen LogP contribution is 2.18. The highest BCUT2D eigenvalue weighted by molar-refractivity contribution is 6.83. The van der Waals surface area contributed by atoms with Gasteiger partial charge in [-0.15, -0.1) is 5.54 Å². The fourth-order valence-corrected chi connectivity index (χ4v) is 2.35. The maximum Gasteiger partial charge on any atom is 0.269 e. The zero-order valence-electron chi connectivity index (χ0n) is 13.5. The first-order valence-corrected chi connectivity index (χ1v) is 10.8. The summed E-state index contributed by atoms with van der Waals surface area (Å²) in [5.41, 5.74) is 5.40. The van der Waals surface area contributed by atoms with Gasteiger partial charge in [-0.2, -0.15) is 0 Å². The van der Waals surface area contributed by atoms with E-state index < -0.39 is 13.0 Å². The number of nitrogens with zero attached hydrogens (tertiary/aromatic N) is 1. The fourth-order valence-electron chi connectivity index (χ4n) is 1.83. The third kappa shape index (κ3) is 5.61. The Bertz CT molecular complexity index is 752. The second-order valence-electron chi connectivity index (χ2n) is 6.24. The van der Waals surface area contributed by atoms with E-state index in [0.717, 1.165) is 11.1 Å². The van der Waals surface area contributed by atoms with Crippen molar-refractivity contribution in [2.75, 3.05) is 0 Å². The zero-order chi connectivity index (χ0) is 16.9. The number of non-ortho nitro benzene ring substituents is 1. The summed E-state index contributed by atoms with van der Waals surface area (Å²) >= 11 is 0. The Morgan fingerprint density at radius 2 is 1.83 bits per heavy atom. The molecule has 2 rings (SSSR count). The van der Waals surface area contributed by atoms with Gasteiger partial charge in [0.2, 0.25) is 0 Å². The van der Waals surface area contributed by atoms with Crippen LogP contribution < -0.4 is 4.74 Å². The second-order valence-corrected chi connectivity index (χ2v) is 11.0. The maximum atomic E-state index is 10.6. The SMILES string of the molecule is C[Si](C)(C)C#Cc1cccc(COc2ccc([N+](=O)[O-])cc2)c1. The van der Waals surface area contributed by atoms with E-state index >= 15 is 0 Å². The summed E-state index contributed by atoms with van der Waals surface area (Å²) in [6.07, 6.45) is 0. The number of rotatable bonds is 4. The Morgan fingerprint density at radius 3 is 2.43 bits per heavy atom. The Morgan fingerprint density at radius 1 is 1.13 bits per heavy atom. The third-order valence-electron chi connectivity index (χ3n) is 2.96. The van der Waals surface area contributed by atoms with Gasteiger partial charge in [-0.25, -0.2) is 0 Å². The summed E-state index contributed by atoms with van der Waals surface area (Å²) in [6, 6.07) is 14.0. The molecule has 0 aliphatic heterocycles. The van der Waals surface area contributed by atoms with Crippen LogP contribution in [-0.2, 0) is 6.61 Å². The van der Waals surface area contributed by atoms with Crippen molar-refractivity contribution >= 4 is 13.8 Å². The van der Waals surface area contributed by atoms with Crippen LogP contribution in [0.2, 0.25) is 19.6 Å². The molecule has 0 radical (unpaired) electrons. The summed E-state index contributed by atoms with van der Waals surface area (Å²) in [6.45, 7) is 7.03. The van der Waals surface area contributed by atoms with E-state index in [-0.39, 0.29) is 5.69 Å². The molecule has 4 nitrogen and oxygen atoms in total. The smallest absolute Gasteiger partial charge is 0.269 e. The number of nitro benzene ring substituents is 1. The summed E-state index contributed by atoms with van der Waals surface area (Å²) in [5.74, 6) is 3.83. The van der Waals surface area contributed by atoms with Crippen LogP contribution in [0.3, 0.4) is 0 Å². The van der Waals surface area contributed by atoms with Crippen LogP contribution in [0.25, 0.3) is 0 Å². The number of nitro groups is 1. The van der Waals surface area contributed by atoms with Crippen LogP contribution >= 0.6 is 0 Å². The van der Waals surface area contributed by atoms with Crippen molar-refractivity contribution in [2.24, 2.45) is 0 Å². The molecule has 0 aromatic heterocycles. The second kappa shape index (κ2) is 7.12. The Balaban J connectivity index is 2.03. The van der Waals surface area contributed by atoms with E-state index in [1.54, 1.807) is 12.1 Å². The van der Waals surface area contributed by atoms with Gasteiger partial charge < -0.3 is 4.74 Å². The van der Waals surface area contributed by atoms with Crippen LogP contribution in [0.4, 0.5) is 5.69 Å². The van der Waals surface area contributed by atoms with Crippen molar-refractivity contribution in [2.45, 2.75) is 26.2 Å². The molecule has 2 aromatic carbocycles. The third-order valence-corrected chi connectivity index (χ3v) is 3.84. The largest absolute Gasteiger partial charge is 0.489 e. The molecule has 0 N–H and O–H groups in total. The molecule has 0 aliphatic carbocycles. The summed E-state index contributed by atoms with van der Waals surface area (Å²) < 4.78 is 5.67. The van der Waals surface area contributed by atoms with Crippen LogP contribution in [0, 0.1) is 21.6 Å². The van der Waals surface area contributed by atoms with Gasteiger partial charge in [-0.05, 0) is 29.8 Å². The minimum atomic E-state index is -1.39. The van der Waals surface area contributed by atoms with Gasteiger partial charge in [0.05, 0.1) is 4.92 Å². The lowest BCUT2D eigenvalue weighted by atomic mass is 10.1. The highest BCUT2D eigenvalue weighted by Gasteiger charge is 2.07. The van der Waals surface area contributed by atoms with Gasteiger partial charge >= 0.3 is 0 Å². The molecule has 0 fully saturated rings. The first-order valence-electron chi connectivity index (χ1n) is 7.33. The number of ether oxygens (including phenoxy) is 1. The normalized spacial score (nSPS) is 10.6. The van der Waals surface area contributed by atoms with E-state index in [2.05, 4.69) is 31.1 Å². The van der Waals surface area contributed by atoms with Crippen molar-refractivity contribution in [3.05, 3.63) is 69.8 Å². The molecular weight excluding hydrogens is 306 g/mol. The number of benzene rings is 2. The van der Waals surface area contributed by atoms with Gasteiger partial charge in [0.1, 0.15) is 20.4 Å². The zero-order valence-corrected chi connectivity index (χ0v) is 14.5. The van der Waals surface area contributed by atoms with Gasteiger partial charge in [0.15, 0.2) is 0 Å². The molecule has 118 valence electrons. The average molecular weight is 325 g/mol. The van der Waals surface area contributed by atoms with Crippen molar-refractivity contribution < 1.29 is 9.66 Å². The lowest BCUT2D eigenvalue weighted by molar-refractivity contribution is -0.384. The highest BCUT2D eigenvalue weighted by atomic mass is 28.3. The van der Waals surface area contributed by atoms with Crippen molar-refractivity contribution in [3.8, 4) is 17.2 Å². The van der Waals surface area contributed by atoms with E-state index in [4.69, 9.17) is 4.74 Å². The maximum absolute atomic E-state index is 10.6. The minimum Gasteiger partial charge on any atom is -0.489 e. The predicted molar refractivity (Wildman–Crippen MR) is 94.1 cm³/mol. The Labute approximate surface area is 137 Å². The molecule has 0 amide bonds. The minimum absolute atomic E-state index is 0.0565. The van der Waals surface area contributed by atoms with Gasteiger partial charge in [0, 0.05) is 17.7 Å². The summed E-state index contributed by atoms with van der Waals surface area (Å²) in [5, 5.41) is 10.6. The van der Waals surface area contributed by atoms with E-state index in [0.29, 0.717) is 12.4 Å². The Kier molecular flexibility index (Phi) is 5.19. The molecule has 0 heterocycles. The molecular formula is C18H19NO3Si. The van der Waals surface area contributed by atoms with E-state index in [9.17, 15) is 10.1 Å². The molecule has 2 aromatic rings. The van der Waals surface area contributed by atoms with Gasteiger partial charge in [0.25, 0.3) is 5.69 Å². The number of hydrogen-bond donors (Lipinski definition) is 0. The quantitative estimate of drug-likeness (QED) is 0.362. The van der Waals surface area contributed by atoms with Crippen molar-refractivity contribution in [1.82, 2.24) is 0 Å².